The van der Waals surface area contributed by atoms with Crippen molar-refractivity contribution in [2.45, 2.75) is 39.2 Å². The molecule has 2 amide bonds. The summed E-state index contributed by atoms with van der Waals surface area (Å²) in [6.45, 7) is 6.15. The molecule has 0 saturated heterocycles. The SMILES string of the molecule is CCN(CC(=O)NC(C)C)C(=O)C1CC1c1ccccc1F. The van der Waals surface area contributed by atoms with Crippen molar-refractivity contribution < 1.29 is 14.0 Å². The summed E-state index contributed by atoms with van der Waals surface area (Å²) in [7, 11) is 0. The van der Waals surface area contributed by atoms with Crippen molar-refractivity contribution in [1.82, 2.24) is 10.2 Å². The smallest absolute Gasteiger partial charge is 0.239 e. The molecular formula is C17H23FN2O2. The molecule has 0 aromatic heterocycles. The lowest BCUT2D eigenvalue weighted by Gasteiger charge is -2.21. The van der Waals surface area contributed by atoms with Crippen LogP contribution in [-0.4, -0.2) is 35.8 Å². The van der Waals surface area contributed by atoms with E-state index in [9.17, 15) is 14.0 Å². The summed E-state index contributed by atoms with van der Waals surface area (Å²) in [5.74, 6) is -0.744. The van der Waals surface area contributed by atoms with Crippen LogP contribution in [-0.2, 0) is 9.59 Å². The maximum Gasteiger partial charge on any atom is 0.239 e. The van der Waals surface area contributed by atoms with E-state index in [0.29, 0.717) is 18.5 Å². The summed E-state index contributed by atoms with van der Waals surface area (Å²) in [5, 5.41) is 2.78. The Labute approximate surface area is 130 Å². The number of likely N-dealkylation sites (N-methyl/N-ethyl adjacent to an activating group) is 1. The Morgan fingerprint density at radius 2 is 2.05 bits per heavy atom. The van der Waals surface area contributed by atoms with E-state index in [4.69, 9.17) is 0 Å². The van der Waals surface area contributed by atoms with Crippen molar-refractivity contribution in [2.24, 2.45) is 5.92 Å². The van der Waals surface area contributed by atoms with Gasteiger partial charge in [0.25, 0.3) is 0 Å². The van der Waals surface area contributed by atoms with Gasteiger partial charge in [-0.05, 0) is 44.7 Å². The first-order chi connectivity index (χ1) is 10.4. The molecule has 1 aromatic rings. The number of carbonyl (C=O) groups is 2. The Morgan fingerprint density at radius 3 is 2.64 bits per heavy atom. The minimum Gasteiger partial charge on any atom is -0.352 e. The number of rotatable bonds is 6. The second-order valence-corrected chi connectivity index (χ2v) is 6.04. The zero-order chi connectivity index (χ0) is 16.3. The van der Waals surface area contributed by atoms with Gasteiger partial charge in [0.1, 0.15) is 5.82 Å². The molecule has 2 unspecified atom stereocenters. The summed E-state index contributed by atoms with van der Waals surface area (Å²) in [4.78, 5) is 25.8. The number of amides is 2. The van der Waals surface area contributed by atoms with Gasteiger partial charge in [-0.15, -0.1) is 0 Å². The molecule has 2 rings (SSSR count). The van der Waals surface area contributed by atoms with E-state index in [-0.39, 0.29) is 42.1 Å². The third kappa shape index (κ3) is 3.84. The van der Waals surface area contributed by atoms with E-state index in [1.807, 2.05) is 20.8 Å². The zero-order valence-electron chi connectivity index (χ0n) is 13.3. The molecule has 1 aliphatic carbocycles. The van der Waals surface area contributed by atoms with Crippen molar-refractivity contribution in [3.05, 3.63) is 35.6 Å². The minimum absolute atomic E-state index is 0.0494. The zero-order valence-corrected chi connectivity index (χ0v) is 13.3. The summed E-state index contributed by atoms with van der Waals surface area (Å²) in [6, 6.07) is 6.63. The van der Waals surface area contributed by atoms with Crippen LogP contribution in [0.4, 0.5) is 4.39 Å². The Kier molecular flexibility index (Phi) is 5.16. The monoisotopic (exact) mass is 306 g/mol. The summed E-state index contributed by atoms with van der Waals surface area (Å²) in [5.41, 5.74) is 0.600. The highest BCUT2D eigenvalue weighted by molar-refractivity contribution is 5.88. The van der Waals surface area contributed by atoms with Crippen LogP contribution in [0.15, 0.2) is 24.3 Å². The molecule has 2 atom stereocenters. The number of nitrogens with zero attached hydrogens (tertiary/aromatic N) is 1. The van der Waals surface area contributed by atoms with Crippen LogP contribution in [0.1, 0.15) is 38.7 Å². The minimum atomic E-state index is -0.261. The van der Waals surface area contributed by atoms with E-state index >= 15 is 0 Å². The van der Waals surface area contributed by atoms with E-state index in [1.54, 1.807) is 23.1 Å². The molecule has 0 heterocycles. The molecule has 1 saturated carbocycles. The van der Waals surface area contributed by atoms with Crippen LogP contribution in [0, 0.1) is 11.7 Å². The van der Waals surface area contributed by atoms with Gasteiger partial charge >= 0.3 is 0 Å². The quantitative estimate of drug-likeness (QED) is 0.877. The molecule has 1 N–H and O–H groups in total. The van der Waals surface area contributed by atoms with Crippen LogP contribution in [0.2, 0.25) is 0 Å². The molecular weight excluding hydrogens is 283 g/mol. The lowest BCUT2D eigenvalue weighted by Crippen LogP contribution is -2.43. The molecule has 5 heteroatoms. The predicted octanol–water partition coefficient (Wildman–Crippen LogP) is 2.30. The van der Waals surface area contributed by atoms with Gasteiger partial charge in [-0.2, -0.15) is 0 Å². The van der Waals surface area contributed by atoms with Crippen LogP contribution < -0.4 is 5.32 Å². The number of carbonyl (C=O) groups excluding carboxylic acids is 2. The Morgan fingerprint density at radius 1 is 1.36 bits per heavy atom. The Hall–Kier alpha value is -1.91. The Balaban J connectivity index is 1.96. The highest BCUT2D eigenvalue weighted by Crippen LogP contribution is 2.49. The molecule has 1 aromatic carbocycles. The first-order valence-corrected chi connectivity index (χ1v) is 7.76. The van der Waals surface area contributed by atoms with E-state index < -0.39 is 0 Å². The summed E-state index contributed by atoms with van der Waals surface area (Å²) >= 11 is 0. The fourth-order valence-electron chi connectivity index (χ4n) is 2.71. The molecule has 1 aliphatic rings. The summed E-state index contributed by atoms with van der Waals surface area (Å²) < 4.78 is 13.8. The van der Waals surface area contributed by atoms with E-state index in [0.717, 1.165) is 0 Å². The average molecular weight is 306 g/mol. The summed E-state index contributed by atoms with van der Waals surface area (Å²) in [6.07, 6.45) is 0.655. The lowest BCUT2D eigenvalue weighted by atomic mass is 10.1. The van der Waals surface area contributed by atoms with Crippen LogP contribution in [0.5, 0.6) is 0 Å². The van der Waals surface area contributed by atoms with Gasteiger partial charge < -0.3 is 10.2 Å². The maximum atomic E-state index is 13.8. The number of hydrogen-bond donors (Lipinski definition) is 1. The maximum absolute atomic E-state index is 13.8. The number of hydrogen-bond acceptors (Lipinski definition) is 2. The van der Waals surface area contributed by atoms with Gasteiger partial charge in [-0.1, -0.05) is 18.2 Å². The number of benzene rings is 1. The third-order valence-corrected chi connectivity index (χ3v) is 3.89. The van der Waals surface area contributed by atoms with Crippen molar-refractivity contribution in [3.8, 4) is 0 Å². The first kappa shape index (κ1) is 16.5. The molecule has 0 radical (unpaired) electrons. The first-order valence-electron chi connectivity index (χ1n) is 7.76. The van der Waals surface area contributed by atoms with Gasteiger partial charge in [0.2, 0.25) is 11.8 Å². The van der Waals surface area contributed by atoms with Gasteiger partial charge in [0.15, 0.2) is 0 Å². The molecule has 4 nitrogen and oxygen atoms in total. The van der Waals surface area contributed by atoms with E-state index in [2.05, 4.69) is 5.32 Å². The lowest BCUT2D eigenvalue weighted by molar-refractivity contribution is -0.137. The number of halogens is 1. The Bertz CT molecular complexity index is 559. The standard InChI is InChI=1S/C17H23FN2O2/c1-4-20(10-16(21)19-11(2)3)17(22)14-9-13(14)12-7-5-6-8-15(12)18/h5-8,11,13-14H,4,9-10H2,1-3H3,(H,19,21). The highest BCUT2D eigenvalue weighted by Gasteiger charge is 2.46. The van der Waals surface area contributed by atoms with Gasteiger partial charge in [0, 0.05) is 18.5 Å². The van der Waals surface area contributed by atoms with Gasteiger partial charge in [-0.3, -0.25) is 9.59 Å². The fraction of sp³-hybridized carbons (Fsp3) is 0.529. The molecule has 22 heavy (non-hydrogen) atoms. The largest absolute Gasteiger partial charge is 0.352 e. The topological polar surface area (TPSA) is 49.4 Å². The second-order valence-electron chi connectivity index (χ2n) is 6.04. The van der Waals surface area contributed by atoms with Crippen molar-refractivity contribution >= 4 is 11.8 Å². The van der Waals surface area contributed by atoms with Crippen LogP contribution in [0.3, 0.4) is 0 Å². The van der Waals surface area contributed by atoms with Gasteiger partial charge in [-0.25, -0.2) is 4.39 Å². The second kappa shape index (κ2) is 6.90. The van der Waals surface area contributed by atoms with E-state index in [1.165, 1.54) is 6.07 Å². The van der Waals surface area contributed by atoms with Crippen molar-refractivity contribution in [1.29, 1.82) is 0 Å². The van der Waals surface area contributed by atoms with Crippen molar-refractivity contribution in [2.75, 3.05) is 13.1 Å². The highest BCUT2D eigenvalue weighted by atomic mass is 19.1. The van der Waals surface area contributed by atoms with Crippen LogP contribution >= 0.6 is 0 Å². The molecule has 0 aliphatic heterocycles. The van der Waals surface area contributed by atoms with Crippen LogP contribution in [0.25, 0.3) is 0 Å². The average Bonchev–Trinajstić information content (AvgIpc) is 3.24. The fourth-order valence-corrected chi connectivity index (χ4v) is 2.71. The third-order valence-electron chi connectivity index (χ3n) is 3.89. The normalized spacial score (nSPS) is 19.9. The predicted molar refractivity (Wildman–Crippen MR) is 82.8 cm³/mol. The van der Waals surface area contributed by atoms with Crippen molar-refractivity contribution in [3.63, 3.8) is 0 Å². The molecule has 1 fully saturated rings. The molecule has 0 bridgehead atoms. The molecule has 120 valence electrons. The molecule has 0 spiro atoms. The van der Waals surface area contributed by atoms with Gasteiger partial charge in [0.05, 0.1) is 6.54 Å². The number of nitrogens with one attached hydrogen (secondary N) is 1.